The molecule has 0 aliphatic rings. The van der Waals surface area contributed by atoms with Crippen molar-refractivity contribution in [1.29, 1.82) is 0 Å². The molecule has 2 atom stereocenters. The molecule has 4 nitrogen and oxygen atoms in total. The van der Waals surface area contributed by atoms with E-state index < -0.39 is 6.04 Å². The first-order chi connectivity index (χ1) is 11.0. The second-order valence-electron chi connectivity index (χ2n) is 5.42. The molecular weight excluding hydrogens is 312 g/mol. The lowest BCUT2D eigenvalue weighted by Gasteiger charge is -2.17. The van der Waals surface area contributed by atoms with Gasteiger partial charge in [0.15, 0.2) is 0 Å². The van der Waals surface area contributed by atoms with Crippen LogP contribution in [0.5, 0.6) is 5.75 Å². The number of rotatable bonds is 7. The van der Waals surface area contributed by atoms with Crippen molar-refractivity contribution >= 4 is 17.5 Å². The molecule has 2 rings (SSSR count). The molecule has 2 aromatic carbocycles. The first-order valence-corrected chi connectivity index (χ1v) is 7.92. The summed E-state index contributed by atoms with van der Waals surface area (Å²) in [5.41, 5.74) is 6.98. The molecule has 0 radical (unpaired) electrons. The Morgan fingerprint density at radius 2 is 1.83 bits per heavy atom. The number of ether oxygens (including phenoxy) is 1. The van der Waals surface area contributed by atoms with E-state index in [0.29, 0.717) is 23.7 Å². The molecule has 0 fully saturated rings. The van der Waals surface area contributed by atoms with Gasteiger partial charge in [-0.25, -0.2) is 0 Å². The van der Waals surface area contributed by atoms with E-state index in [4.69, 9.17) is 22.1 Å². The van der Waals surface area contributed by atoms with Crippen molar-refractivity contribution in [2.24, 2.45) is 5.73 Å². The largest absolute Gasteiger partial charge is 0.489 e. The number of hydrogen-bond donors (Lipinski definition) is 2. The summed E-state index contributed by atoms with van der Waals surface area (Å²) in [7, 11) is 0. The van der Waals surface area contributed by atoms with Crippen molar-refractivity contribution < 1.29 is 9.53 Å². The lowest BCUT2D eigenvalue weighted by molar-refractivity contribution is -0.122. The Balaban J connectivity index is 1.75. The van der Waals surface area contributed by atoms with Gasteiger partial charge in [-0.15, -0.1) is 0 Å². The molecule has 0 saturated heterocycles. The molecule has 0 aliphatic heterocycles. The molecule has 0 aliphatic carbocycles. The highest BCUT2D eigenvalue weighted by atomic mass is 35.5. The summed E-state index contributed by atoms with van der Waals surface area (Å²) in [5.74, 6) is 0.533. The molecule has 0 spiro atoms. The average Bonchev–Trinajstić information content (AvgIpc) is 2.55. The van der Waals surface area contributed by atoms with Crippen LogP contribution in [0.15, 0.2) is 54.6 Å². The summed E-state index contributed by atoms with van der Waals surface area (Å²) in [6, 6.07) is 16.3. The van der Waals surface area contributed by atoms with Crippen molar-refractivity contribution in [3.05, 3.63) is 65.2 Å². The Morgan fingerprint density at radius 1 is 1.17 bits per heavy atom. The van der Waals surface area contributed by atoms with Crippen LogP contribution in [-0.2, 0) is 11.2 Å². The minimum atomic E-state index is -0.569. The number of carbonyl (C=O) groups excluding carboxylic acids is 1. The number of amides is 1. The first-order valence-electron chi connectivity index (χ1n) is 7.54. The number of halogens is 1. The van der Waals surface area contributed by atoms with Crippen LogP contribution in [0.1, 0.15) is 12.5 Å². The standard InChI is InChI=1S/C18H21ClN2O2/c1-13(23-16-9-7-15(19)8-10-16)12-21-18(22)17(20)11-14-5-3-2-4-6-14/h2-10,13,17H,11-12,20H2,1H3,(H,21,22)/t13?,17-/m0/s1. The fourth-order valence-electron chi connectivity index (χ4n) is 2.12. The van der Waals surface area contributed by atoms with E-state index in [1.54, 1.807) is 24.3 Å². The molecule has 122 valence electrons. The summed E-state index contributed by atoms with van der Waals surface area (Å²) in [6.45, 7) is 2.28. The maximum absolute atomic E-state index is 12.0. The number of nitrogens with two attached hydrogens (primary N) is 1. The van der Waals surface area contributed by atoms with Gasteiger partial charge in [0.2, 0.25) is 5.91 Å². The molecule has 1 unspecified atom stereocenters. The number of hydrogen-bond acceptors (Lipinski definition) is 3. The van der Waals surface area contributed by atoms with E-state index in [2.05, 4.69) is 5.32 Å². The normalized spacial score (nSPS) is 13.2. The first kappa shape index (κ1) is 17.3. The van der Waals surface area contributed by atoms with Crippen molar-refractivity contribution in [2.45, 2.75) is 25.5 Å². The van der Waals surface area contributed by atoms with Gasteiger partial charge >= 0.3 is 0 Å². The Kier molecular flexibility index (Phi) is 6.44. The van der Waals surface area contributed by atoms with Gasteiger partial charge in [-0.3, -0.25) is 4.79 Å². The third-order valence-electron chi connectivity index (χ3n) is 3.35. The molecule has 0 saturated carbocycles. The van der Waals surface area contributed by atoms with E-state index in [1.807, 2.05) is 37.3 Å². The third kappa shape index (κ3) is 5.93. The zero-order valence-electron chi connectivity index (χ0n) is 13.0. The molecule has 0 heterocycles. The third-order valence-corrected chi connectivity index (χ3v) is 3.60. The zero-order chi connectivity index (χ0) is 16.7. The SMILES string of the molecule is CC(CNC(=O)[C@@H](N)Cc1ccccc1)Oc1ccc(Cl)cc1. The molecule has 0 bridgehead atoms. The smallest absolute Gasteiger partial charge is 0.237 e. The van der Waals surface area contributed by atoms with Crippen LogP contribution in [0.3, 0.4) is 0 Å². The van der Waals surface area contributed by atoms with Gasteiger partial charge in [-0.05, 0) is 43.2 Å². The van der Waals surface area contributed by atoms with E-state index in [0.717, 1.165) is 5.56 Å². The topological polar surface area (TPSA) is 64.4 Å². The lowest BCUT2D eigenvalue weighted by Crippen LogP contribution is -2.45. The highest BCUT2D eigenvalue weighted by Crippen LogP contribution is 2.16. The molecule has 5 heteroatoms. The quantitative estimate of drug-likeness (QED) is 0.819. The Morgan fingerprint density at radius 3 is 2.48 bits per heavy atom. The van der Waals surface area contributed by atoms with Gasteiger partial charge in [-0.2, -0.15) is 0 Å². The van der Waals surface area contributed by atoms with Crippen LogP contribution in [0.25, 0.3) is 0 Å². The number of nitrogens with one attached hydrogen (secondary N) is 1. The minimum Gasteiger partial charge on any atom is -0.489 e. The summed E-state index contributed by atoms with van der Waals surface area (Å²) >= 11 is 5.83. The van der Waals surface area contributed by atoms with Crippen LogP contribution in [0, 0.1) is 0 Å². The van der Waals surface area contributed by atoms with Crippen LogP contribution in [-0.4, -0.2) is 24.6 Å². The number of benzene rings is 2. The Bertz CT molecular complexity index is 617. The fraction of sp³-hybridized carbons (Fsp3) is 0.278. The molecule has 3 N–H and O–H groups in total. The maximum Gasteiger partial charge on any atom is 0.237 e. The van der Waals surface area contributed by atoms with Gasteiger partial charge in [-0.1, -0.05) is 41.9 Å². The molecular formula is C18H21ClN2O2. The summed E-state index contributed by atoms with van der Waals surface area (Å²) < 4.78 is 5.70. The molecule has 0 aromatic heterocycles. The second-order valence-corrected chi connectivity index (χ2v) is 5.86. The van der Waals surface area contributed by atoms with E-state index in [-0.39, 0.29) is 12.0 Å². The zero-order valence-corrected chi connectivity index (χ0v) is 13.8. The average molecular weight is 333 g/mol. The highest BCUT2D eigenvalue weighted by Gasteiger charge is 2.15. The summed E-state index contributed by atoms with van der Waals surface area (Å²) in [4.78, 5) is 12.0. The minimum absolute atomic E-state index is 0.163. The highest BCUT2D eigenvalue weighted by molar-refractivity contribution is 6.30. The summed E-state index contributed by atoms with van der Waals surface area (Å²) in [5, 5.41) is 3.48. The van der Waals surface area contributed by atoms with Gasteiger partial charge < -0.3 is 15.8 Å². The fourth-order valence-corrected chi connectivity index (χ4v) is 2.25. The van der Waals surface area contributed by atoms with Crippen molar-refractivity contribution in [3.8, 4) is 5.75 Å². The van der Waals surface area contributed by atoms with Gasteiger partial charge in [0, 0.05) is 5.02 Å². The molecule has 1 amide bonds. The van der Waals surface area contributed by atoms with Crippen molar-refractivity contribution in [1.82, 2.24) is 5.32 Å². The number of carbonyl (C=O) groups is 1. The Hall–Kier alpha value is -2.04. The monoisotopic (exact) mass is 332 g/mol. The predicted octanol–water partition coefficient (Wildman–Crippen LogP) is 2.79. The van der Waals surface area contributed by atoms with Crippen molar-refractivity contribution in [3.63, 3.8) is 0 Å². The molecule has 23 heavy (non-hydrogen) atoms. The van der Waals surface area contributed by atoms with Crippen LogP contribution < -0.4 is 15.8 Å². The molecule has 2 aromatic rings. The van der Waals surface area contributed by atoms with Crippen molar-refractivity contribution in [2.75, 3.05) is 6.54 Å². The summed E-state index contributed by atoms with van der Waals surface area (Å²) in [6.07, 6.45) is 0.350. The van der Waals surface area contributed by atoms with Crippen LogP contribution >= 0.6 is 11.6 Å². The van der Waals surface area contributed by atoms with Crippen LogP contribution in [0.4, 0.5) is 0 Å². The Labute approximate surface area is 141 Å². The maximum atomic E-state index is 12.0. The van der Waals surface area contributed by atoms with E-state index >= 15 is 0 Å². The lowest BCUT2D eigenvalue weighted by atomic mass is 10.1. The van der Waals surface area contributed by atoms with Gasteiger partial charge in [0.05, 0.1) is 12.6 Å². The second kappa shape index (κ2) is 8.56. The van der Waals surface area contributed by atoms with Gasteiger partial charge in [0.25, 0.3) is 0 Å². The van der Waals surface area contributed by atoms with E-state index in [1.165, 1.54) is 0 Å². The van der Waals surface area contributed by atoms with E-state index in [9.17, 15) is 4.79 Å². The predicted molar refractivity (Wildman–Crippen MR) is 92.7 cm³/mol. The van der Waals surface area contributed by atoms with Gasteiger partial charge in [0.1, 0.15) is 11.9 Å². The van der Waals surface area contributed by atoms with Crippen LogP contribution in [0.2, 0.25) is 5.02 Å².